The first-order chi connectivity index (χ1) is 10.6. The molecule has 2 heterocycles. The van der Waals surface area contributed by atoms with Crippen molar-refractivity contribution >= 4 is 17.4 Å². The van der Waals surface area contributed by atoms with E-state index in [4.69, 9.17) is 0 Å². The highest BCUT2D eigenvalue weighted by atomic mass is 32.1. The Labute approximate surface area is 135 Å². The van der Waals surface area contributed by atoms with Crippen LogP contribution in [0.15, 0.2) is 29.9 Å². The lowest BCUT2D eigenvalue weighted by atomic mass is 10.2. The maximum absolute atomic E-state index is 12.1. The van der Waals surface area contributed by atoms with E-state index in [2.05, 4.69) is 22.2 Å². The molecular formula is C16H22N4OS. The molecule has 6 heteroatoms. The number of aromatic nitrogens is 2. The second kappa shape index (κ2) is 7.89. The SMILES string of the molecule is Cc1ccc(CCNC(=O)N(C)CC(C)c2nccs2)cn1. The lowest BCUT2D eigenvalue weighted by Gasteiger charge is -2.21. The number of nitrogens with one attached hydrogen (secondary N) is 1. The van der Waals surface area contributed by atoms with Gasteiger partial charge in [-0.25, -0.2) is 9.78 Å². The van der Waals surface area contributed by atoms with Crippen molar-refractivity contribution in [3.8, 4) is 0 Å². The normalized spacial score (nSPS) is 12.0. The molecule has 0 bridgehead atoms. The second-order valence-electron chi connectivity index (χ2n) is 5.44. The molecule has 0 spiro atoms. The maximum Gasteiger partial charge on any atom is 0.317 e. The molecule has 2 aromatic rings. The molecule has 0 aromatic carbocycles. The van der Waals surface area contributed by atoms with E-state index >= 15 is 0 Å². The van der Waals surface area contributed by atoms with Crippen LogP contribution in [-0.4, -0.2) is 41.0 Å². The number of nitrogens with zero attached hydrogens (tertiary/aromatic N) is 3. The van der Waals surface area contributed by atoms with Crippen molar-refractivity contribution in [2.24, 2.45) is 0 Å². The molecule has 118 valence electrons. The summed E-state index contributed by atoms with van der Waals surface area (Å²) >= 11 is 1.62. The van der Waals surface area contributed by atoms with Gasteiger partial charge >= 0.3 is 6.03 Å². The Kier molecular flexibility index (Phi) is 5.89. The number of aryl methyl sites for hydroxylation is 1. The van der Waals surface area contributed by atoms with Crippen LogP contribution in [0, 0.1) is 6.92 Å². The molecule has 1 atom stereocenters. The van der Waals surface area contributed by atoms with Gasteiger partial charge in [-0.2, -0.15) is 0 Å². The van der Waals surface area contributed by atoms with Gasteiger partial charge in [0.15, 0.2) is 0 Å². The Morgan fingerprint density at radius 2 is 2.23 bits per heavy atom. The van der Waals surface area contributed by atoms with E-state index in [1.54, 1.807) is 22.4 Å². The highest BCUT2D eigenvalue weighted by molar-refractivity contribution is 7.09. The standard InChI is InChI=1S/C16H22N4OS/c1-12(15-17-8-9-22-15)11-20(3)16(21)18-7-6-14-5-4-13(2)19-10-14/h4-5,8-10,12H,6-7,11H2,1-3H3,(H,18,21). The Balaban J connectivity index is 1.73. The zero-order valence-electron chi connectivity index (χ0n) is 13.2. The molecule has 0 aliphatic carbocycles. The van der Waals surface area contributed by atoms with Gasteiger partial charge in [-0.05, 0) is 25.0 Å². The third-order valence-electron chi connectivity index (χ3n) is 3.43. The van der Waals surface area contributed by atoms with Gasteiger partial charge < -0.3 is 10.2 Å². The topological polar surface area (TPSA) is 58.1 Å². The van der Waals surface area contributed by atoms with E-state index < -0.39 is 0 Å². The van der Waals surface area contributed by atoms with E-state index in [0.717, 1.165) is 22.7 Å². The number of hydrogen-bond acceptors (Lipinski definition) is 4. The third-order valence-corrected chi connectivity index (χ3v) is 4.44. The van der Waals surface area contributed by atoms with Gasteiger partial charge in [-0.1, -0.05) is 13.0 Å². The first-order valence-electron chi connectivity index (χ1n) is 7.36. The number of pyridine rings is 1. The second-order valence-corrected chi connectivity index (χ2v) is 6.37. The molecule has 0 aliphatic heterocycles. The van der Waals surface area contributed by atoms with Crippen LogP contribution in [0.4, 0.5) is 4.79 Å². The highest BCUT2D eigenvalue weighted by Crippen LogP contribution is 2.18. The van der Waals surface area contributed by atoms with Crippen molar-refractivity contribution in [1.29, 1.82) is 0 Å². The minimum absolute atomic E-state index is 0.0523. The Hall–Kier alpha value is -1.95. The predicted octanol–water partition coefficient (Wildman–Crippen LogP) is 2.83. The largest absolute Gasteiger partial charge is 0.338 e. The van der Waals surface area contributed by atoms with Gasteiger partial charge in [0.25, 0.3) is 0 Å². The molecule has 0 radical (unpaired) electrons. The van der Waals surface area contributed by atoms with E-state index in [0.29, 0.717) is 13.1 Å². The smallest absolute Gasteiger partial charge is 0.317 e. The van der Waals surface area contributed by atoms with E-state index in [1.165, 1.54) is 0 Å². The number of amides is 2. The van der Waals surface area contributed by atoms with Crippen molar-refractivity contribution in [2.75, 3.05) is 20.1 Å². The summed E-state index contributed by atoms with van der Waals surface area (Å²) in [5.41, 5.74) is 2.13. The average molecular weight is 318 g/mol. The Morgan fingerprint density at radius 3 is 2.86 bits per heavy atom. The van der Waals surface area contributed by atoms with Crippen LogP contribution in [0.5, 0.6) is 0 Å². The fourth-order valence-electron chi connectivity index (χ4n) is 2.14. The lowest BCUT2D eigenvalue weighted by molar-refractivity contribution is 0.206. The summed E-state index contributed by atoms with van der Waals surface area (Å²) in [4.78, 5) is 22.3. The fourth-order valence-corrected chi connectivity index (χ4v) is 2.83. The van der Waals surface area contributed by atoms with Gasteiger partial charge in [0.2, 0.25) is 0 Å². The molecule has 2 amide bonds. The number of thiazole rings is 1. The summed E-state index contributed by atoms with van der Waals surface area (Å²) in [5, 5.41) is 5.96. The van der Waals surface area contributed by atoms with Gasteiger partial charge in [0, 0.05) is 49.5 Å². The summed E-state index contributed by atoms with van der Waals surface area (Å²) in [7, 11) is 1.81. The van der Waals surface area contributed by atoms with Crippen molar-refractivity contribution in [2.45, 2.75) is 26.2 Å². The molecule has 0 saturated heterocycles. The first kappa shape index (κ1) is 16.4. The summed E-state index contributed by atoms with van der Waals surface area (Å²) in [6.07, 6.45) is 4.44. The summed E-state index contributed by atoms with van der Waals surface area (Å²) in [6, 6.07) is 3.98. The van der Waals surface area contributed by atoms with Crippen LogP contribution < -0.4 is 5.32 Å². The molecule has 0 aliphatic rings. The van der Waals surface area contributed by atoms with E-state index in [9.17, 15) is 4.79 Å². The zero-order valence-corrected chi connectivity index (χ0v) is 14.1. The Bertz CT molecular complexity index is 583. The van der Waals surface area contributed by atoms with Crippen LogP contribution in [0.25, 0.3) is 0 Å². The van der Waals surface area contributed by atoms with Gasteiger partial charge in [0.05, 0.1) is 5.01 Å². The third kappa shape index (κ3) is 4.80. The van der Waals surface area contributed by atoms with E-state index in [1.807, 2.05) is 37.7 Å². The molecule has 1 unspecified atom stereocenters. The quantitative estimate of drug-likeness (QED) is 0.891. The highest BCUT2D eigenvalue weighted by Gasteiger charge is 2.15. The Morgan fingerprint density at radius 1 is 1.41 bits per heavy atom. The molecule has 22 heavy (non-hydrogen) atoms. The molecular weight excluding hydrogens is 296 g/mol. The van der Waals surface area contributed by atoms with Crippen molar-refractivity contribution < 1.29 is 4.79 Å². The fraction of sp³-hybridized carbons (Fsp3) is 0.438. The minimum atomic E-state index is -0.0523. The number of carbonyl (C=O) groups excluding carboxylic acids is 1. The van der Waals surface area contributed by atoms with Crippen LogP contribution >= 0.6 is 11.3 Å². The molecule has 0 saturated carbocycles. The number of hydrogen-bond donors (Lipinski definition) is 1. The summed E-state index contributed by atoms with van der Waals surface area (Å²) < 4.78 is 0. The maximum atomic E-state index is 12.1. The predicted molar refractivity (Wildman–Crippen MR) is 89.2 cm³/mol. The van der Waals surface area contributed by atoms with E-state index in [-0.39, 0.29) is 11.9 Å². The van der Waals surface area contributed by atoms with Crippen molar-refractivity contribution in [3.63, 3.8) is 0 Å². The van der Waals surface area contributed by atoms with Crippen LogP contribution in [-0.2, 0) is 6.42 Å². The molecule has 1 N–H and O–H groups in total. The summed E-state index contributed by atoms with van der Waals surface area (Å²) in [5.74, 6) is 0.247. The van der Waals surface area contributed by atoms with Crippen LogP contribution in [0.2, 0.25) is 0 Å². The van der Waals surface area contributed by atoms with Gasteiger partial charge in [0.1, 0.15) is 0 Å². The molecule has 0 fully saturated rings. The monoisotopic (exact) mass is 318 g/mol. The molecule has 2 aromatic heterocycles. The van der Waals surface area contributed by atoms with Crippen LogP contribution in [0.1, 0.15) is 29.1 Å². The van der Waals surface area contributed by atoms with Crippen molar-refractivity contribution in [1.82, 2.24) is 20.2 Å². The average Bonchev–Trinajstić information content (AvgIpc) is 3.03. The molecule has 2 rings (SSSR count). The molecule has 5 nitrogen and oxygen atoms in total. The van der Waals surface area contributed by atoms with Crippen molar-refractivity contribution in [3.05, 3.63) is 46.2 Å². The number of urea groups is 1. The van der Waals surface area contributed by atoms with Gasteiger partial charge in [-0.3, -0.25) is 4.98 Å². The minimum Gasteiger partial charge on any atom is -0.338 e. The number of carbonyl (C=O) groups is 1. The zero-order chi connectivity index (χ0) is 15.9. The lowest BCUT2D eigenvalue weighted by Crippen LogP contribution is -2.39. The van der Waals surface area contributed by atoms with Crippen LogP contribution in [0.3, 0.4) is 0 Å². The number of likely N-dealkylation sites (N-methyl/N-ethyl adjacent to an activating group) is 1. The summed E-state index contributed by atoms with van der Waals surface area (Å²) in [6.45, 7) is 5.32. The van der Waals surface area contributed by atoms with Gasteiger partial charge in [-0.15, -0.1) is 11.3 Å². The number of rotatable bonds is 6. The first-order valence-corrected chi connectivity index (χ1v) is 8.24.